The van der Waals surface area contributed by atoms with E-state index >= 15 is 0 Å². The molecule has 1 aromatic heterocycles. The minimum absolute atomic E-state index is 0.0619. The van der Waals surface area contributed by atoms with Crippen LogP contribution in [-0.4, -0.2) is 22.9 Å². The van der Waals surface area contributed by atoms with Gasteiger partial charge < -0.3 is 9.84 Å². The number of aromatic nitrogens is 1. The van der Waals surface area contributed by atoms with Gasteiger partial charge >= 0.3 is 6.18 Å². The molecule has 0 amide bonds. The zero-order valence-corrected chi connectivity index (χ0v) is 7.08. The van der Waals surface area contributed by atoms with Gasteiger partial charge in [0.05, 0.1) is 19.2 Å². The molecule has 0 saturated heterocycles. The fourth-order valence-corrected chi connectivity index (χ4v) is 0.729. The van der Waals surface area contributed by atoms with Gasteiger partial charge in [-0.25, -0.2) is 4.98 Å². The van der Waals surface area contributed by atoms with Gasteiger partial charge in [0.15, 0.2) is 0 Å². The van der Waals surface area contributed by atoms with E-state index in [1.165, 1.54) is 12.1 Å². The second-order valence-corrected chi connectivity index (χ2v) is 2.57. The van der Waals surface area contributed by atoms with Crippen molar-refractivity contribution >= 4 is 0 Å². The van der Waals surface area contributed by atoms with Crippen LogP contribution in [0.1, 0.15) is 6.42 Å². The smallest absolute Gasteiger partial charge is 0.392 e. The van der Waals surface area contributed by atoms with Crippen LogP contribution in [0.5, 0.6) is 11.6 Å². The summed E-state index contributed by atoms with van der Waals surface area (Å²) in [6.45, 7) is -0.471. The van der Waals surface area contributed by atoms with E-state index in [-0.39, 0.29) is 11.6 Å². The van der Waals surface area contributed by atoms with Crippen molar-refractivity contribution in [1.29, 1.82) is 0 Å². The van der Waals surface area contributed by atoms with Gasteiger partial charge in [0.2, 0.25) is 5.88 Å². The van der Waals surface area contributed by atoms with E-state index in [0.717, 1.165) is 6.20 Å². The number of halogens is 3. The molecule has 0 fully saturated rings. The lowest BCUT2D eigenvalue weighted by molar-refractivity contribution is -0.139. The number of aromatic hydroxyl groups is 1. The quantitative estimate of drug-likeness (QED) is 0.825. The molecule has 1 rings (SSSR count). The maximum absolute atomic E-state index is 11.7. The van der Waals surface area contributed by atoms with Crippen LogP contribution in [0.2, 0.25) is 0 Å². The first-order valence-corrected chi connectivity index (χ1v) is 3.82. The molecule has 0 atom stereocenters. The molecular weight excluding hydrogens is 199 g/mol. The van der Waals surface area contributed by atoms with E-state index in [1.54, 1.807) is 0 Å². The highest BCUT2D eigenvalue weighted by molar-refractivity contribution is 5.21. The number of pyridine rings is 1. The summed E-state index contributed by atoms with van der Waals surface area (Å²) < 4.78 is 39.7. The van der Waals surface area contributed by atoms with E-state index < -0.39 is 19.2 Å². The Kier molecular flexibility index (Phi) is 3.16. The third-order valence-corrected chi connectivity index (χ3v) is 1.36. The molecule has 0 aromatic carbocycles. The topological polar surface area (TPSA) is 42.4 Å². The van der Waals surface area contributed by atoms with Gasteiger partial charge in [0.1, 0.15) is 5.75 Å². The van der Waals surface area contributed by atoms with Gasteiger partial charge in [-0.05, 0) is 6.07 Å². The van der Waals surface area contributed by atoms with Crippen molar-refractivity contribution in [2.45, 2.75) is 12.6 Å². The van der Waals surface area contributed by atoms with Crippen molar-refractivity contribution in [3.63, 3.8) is 0 Å². The normalized spacial score (nSPS) is 11.4. The Bertz CT molecular complexity index is 284. The summed E-state index contributed by atoms with van der Waals surface area (Å²) in [6, 6.07) is 2.58. The summed E-state index contributed by atoms with van der Waals surface area (Å²) in [5, 5.41) is 8.81. The molecule has 0 unspecified atom stereocenters. The van der Waals surface area contributed by atoms with Crippen LogP contribution >= 0.6 is 0 Å². The zero-order chi connectivity index (χ0) is 10.6. The fourth-order valence-electron chi connectivity index (χ4n) is 0.729. The molecule has 14 heavy (non-hydrogen) atoms. The lowest BCUT2D eigenvalue weighted by atomic mass is 10.4. The van der Waals surface area contributed by atoms with Crippen molar-refractivity contribution in [1.82, 2.24) is 4.98 Å². The van der Waals surface area contributed by atoms with Crippen molar-refractivity contribution in [3.8, 4) is 11.6 Å². The Morgan fingerprint density at radius 1 is 1.36 bits per heavy atom. The van der Waals surface area contributed by atoms with Crippen LogP contribution in [0.25, 0.3) is 0 Å². The molecule has 1 N–H and O–H groups in total. The second-order valence-electron chi connectivity index (χ2n) is 2.57. The third-order valence-electron chi connectivity index (χ3n) is 1.36. The highest BCUT2D eigenvalue weighted by atomic mass is 19.4. The van der Waals surface area contributed by atoms with Gasteiger partial charge in [0.25, 0.3) is 0 Å². The van der Waals surface area contributed by atoms with E-state index in [0.29, 0.717) is 0 Å². The van der Waals surface area contributed by atoms with E-state index in [4.69, 9.17) is 9.84 Å². The second kappa shape index (κ2) is 4.17. The number of ether oxygens (including phenoxy) is 1. The maximum atomic E-state index is 11.7. The summed E-state index contributed by atoms with van der Waals surface area (Å²) in [5.74, 6) is 0.000205. The van der Waals surface area contributed by atoms with Gasteiger partial charge in [-0.2, -0.15) is 13.2 Å². The number of nitrogens with zero attached hydrogens (tertiary/aromatic N) is 1. The molecule has 0 saturated carbocycles. The maximum Gasteiger partial charge on any atom is 0.392 e. The van der Waals surface area contributed by atoms with Crippen LogP contribution in [0.3, 0.4) is 0 Å². The van der Waals surface area contributed by atoms with Crippen LogP contribution in [0.15, 0.2) is 18.3 Å². The Balaban J connectivity index is 2.35. The molecule has 78 valence electrons. The van der Waals surface area contributed by atoms with Gasteiger partial charge in [0, 0.05) is 6.07 Å². The van der Waals surface area contributed by atoms with Crippen molar-refractivity contribution < 1.29 is 23.0 Å². The standard InChI is InChI=1S/C8H8F3NO2/c9-8(10,11)3-4-14-7-2-1-6(13)5-12-7/h1-2,5,13H,3-4H2. The SMILES string of the molecule is Oc1ccc(OCCC(F)(F)F)nc1. The van der Waals surface area contributed by atoms with Gasteiger partial charge in [-0.1, -0.05) is 0 Å². The first-order valence-electron chi connectivity index (χ1n) is 3.82. The predicted molar refractivity (Wildman–Crippen MR) is 42.1 cm³/mol. The minimum Gasteiger partial charge on any atom is -0.506 e. The fraction of sp³-hybridized carbons (Fsp3) is 0.375. The average molecular weight is 207 g/mol. The molecule has 3 nitrogen and oxygen atoms in total. The number of hydrogen-bond donors (Lipinski definition) is 1. The highest BCUT2D eigenvalue weighted by Crippen LogP contribution is 2.20. The molecule has 1 aromatic rings. The summed E-state index contributed by atoms with van der Waals surface area (Å²) >= 11 is 0. The Morgan fingerprint density at radius 3 is 2.57 bits per heavy atom. The van der Waals surface area contributed by atoms with Gasteiger partial charge in [-0.3, -0.25) is 0 Å². The van der Waals surface area contributed by atoms with E-state index in [9.17, 15) is 13.2 Å². The molecule has 6 heteroatoms. The van der Waals surface area contributed by atoms with Crippen molar-refractivity contribution in [2.24, 2.45) is 0 Å². The molecule has 0 aliphatic heterocycles. The van der Waals surface area contributed by atoms with Crippen LogP contribution in [0.4, 0.5) is 13.2 Å². The number of rotatable bonds is 3. The predicted octanol–water partition coefficient (Wildman–Crippen LogP) is 2.12. The largest absolute Gasteiger partial charge is 0.506 e. The first kappa shape index (κ1) is 10.6. The van der Waals surface area contributed by atoms with Gasteiger partial charge in [-0.15, -0.1) is 0 Å². The Hall–Kier alpha value is -1.46. The minimum atomic E-state index is -4.23. The summed E-state index contributed by atoms with van der Waals surface area (Å²) in [5.41, 5.74) is 0. The monoisotopic (exact) mass is 207 g/mol. The highest BCUT2D eigenvalue weighted by Gasteiger charge is 2.26. The molecule has 0 aliphatic carbocycles. The van der Waals surface area contributed by atoms with E-state index in [2.05, 4.69) is 4.98 Å². The van der Waals surface area contributed by atoms with Crippen LogP contribution in [-0.2, 0) is 0 Å². The third kappa shape index (κ3) is 3.97. The molecule has 0 spiro atoms. The zero-order valence-electron chi connectivity index (χ0n) is 7.08. The molecule has 1 heterocycles. The summed E-state index contributed by atoms with van der Waals surface area (Å²) in [7, 11) is 0. The molecule has 0 aliphatic rings. The van der Waals surface area contributed by atoms with Crippen LogP contribution in [0, 0.1) is 0 Å². The summed E-state index contributed by atoms with van der Waals surface area (Å²) in [6.07, 6.45) is -4.14. The first-order chi connectivity index (χ1) is 6.47. The Morgan fingerprint density at radius 2 is 2.07 bits per heavy atom. The lowest BCUT2D eigenvalue weighted by Gasteiger charge is -2.07. The van der Waals surface area contributed by atoms with Crippen molar-refractivity contribution in [2.75, 3.05) is 6.61 Å². The Labute approximate surface area is 78.2 Å². The van der Waals surface area contributed by atoms with Crippen molar-refractivity contribution in [3.05, 3.63) is 18.3 Å². The number of alkyl halides is 3. The molecule has 0 radical (unpaired) electrons. The molecular formula is C8H8F3NO2. The average Bonchev–Trinajstić information content (AvgIpc) is 2.06. The molecule has 0 bridgehead atoms. The lowest BCUT2D eigenvalue weighted by Crippen LogP contribution is -2.13. The van der Waals surface area contributed by atoms with Crippen LogP contribution < -0.4 is 4.74 Å². The number of hydrogen-bond acceptors (Lipinski definition) is 3. The van der Waals surface area contributed by atoms with E-state index in [1.807, 2.05) is 0 Å². The summed E-state index contributed by atoms with van der Waals surface area (Å²) in [4.78, 5) is 3.56.